The number of hydrogen-bond donors (Lipinski definition) is 2. The highest BCUT2D eigenvalue weighted by Crippen LogP contribution is 2.50. The first kappa shape index (κ1) is 31.3. The van der Waals surface area contributed by atoms with E-state index in [0.717, 1.165) is 6.20 Å². The van der Waals surface area contributed by atoms with E-state index in [2.05, 4.69) is 10.1 Å². The van der Waals surface area contributed by atoms with Gasteiger partial charge in [0.05, 0.1) is 13.2 Å². The molecule has 4 rings (SSSR count). The Morgan fingerprint density at radius 3 is 2.49 bits per heavy atom. The van der Waals surface area contributed by atoms with Crippen molar-refractivity contribution in [2.75, 3.05) is 18.9 Å². The molecule has 3 N–H and O–H groups in total. The topological polar surface area (TPSA) is 153 Å². The van der Waals surface area contributed by atoms with Crippen LogP contribution in [0.4, 0.5) is 14.6 Å². The number of carbonyl (C=O) groups is 1. The van der Waals surface area contributed by atoms with Crippen molar-refractivity contribution in [1.82, 2.24) is 14.6 Å². The molecular formula is C25H35F2N4O8PSi. The highest BCUT2D eigenvalue weighted by molar-refractivity contribution is 7.52. The molecule has 226 valence electrons. The summed E-state index contributed by atoms with van der Waals surface area (Å²) >= 11 is 0. The van der Waals surface area contributed by atoms with Gasteiger partial charge in [-0.2, -0.15) is 18.9 Å². The summed E-state index contributed by atoms with van der Waals surface area (Å²) in [5, 5.41) is 2.11. The van der Waals surface area contributed by atoms with Crippen molar-refractivity contribution < 1.29 is 41.1 Å². The number of benzene rings is 1. The number of aromatic nitrogens is 2. The van der Waals surface area contributed by atoms with Gasteiger partial charge < -0.3 is 24.2 Å². The van der Waals surface area contributed by atoms with Crippen LogP contribution in [0.2, 0.25) is 18.1 Å². The number of nitrogens with zero attached hydrogens (tertiary/aromatic N) is 2. The van der Waals surface area contributed by atoms with Gasteiger partial charge in [0.1, 0.15) is 29.8 Å². The molecule has 0 aliphatic carbocycles. The molecule has 2 saturated heterocycles. The van der Waals surface area contributed by atoms with Gasteiger partial charge in [-0.3, -0.25) is 13.9 Å². The third-order valence-corrected chi connectivity index (χ3v) is 13.3. The first-order valence-electron chi connectivity index (χ1n) is 13.0. The molecule has 0 bridgehead atoms. The largest absolute Gasteiger partial charge is 0.464 e. The maximum atomic E-state index is 16.1. The quantitative estimate of drug-likeness (QED) is 0.227. The first-order chi connectivity index (χ1) is 19.0. The predicted octanol–water partition coefficient (Wildman–Crippen LogP) is 3.86. The molecule has 2 aliphatic rings. The smallest absolute Gasteiger partial charge is 0.459 e. The third kappa shape index (κ3) is 6.87. The molecule has 5 atom stereocenters. The zero-order chi connectivity index (χ0) is 30.2. The maximum Gasteiger partial charge on any atom is 0.459 e. The van der Waals surface area contributed by atoms with Crippen LogP contribution in [0.5, 0.6) is 5.75 Å². The summed E-state index contributed by atoms with van der Waals surface area (Å²) in [5.41, 5.74) is 4.50. The minimum Gasteiger partial charge on any atom is -0.464 e. The Balaban J connectivity index is 1.66. The van der Waals surface area contributed by atoms with E-state index in [0.29, 0.717) is 4.57 Å². The Morgan fingerprint density at radius 2 is 1.90 bits per heavy atom. The summed E-state index contributed by atoms with van der Waals surface area (Å²) in [6.45, 7) is 8.66. The Kier molecular flexibility index (Phi) is 8.79. The Bertz CT molecular complexity index is 1360. The lowest BCUT2D eigenvalue weighted by molar-refractivity contribution is -0.139. The van der Waals surface area contributed by atoms with E-state index >= 15 is 8.78 Å². The number of esters is 1. The molecule has 2 aliphatic heterocycles. The van der Waals surface area contributed by atoms with Gasteiger partial charge in [-0.1, -0.05) is 39.0 Å². The molecule has 1 aromatic heterocycles. The normalized spacial score (nSPS) is 26.0. The molecule has 41 heavy (non-hydrogen) atoms. The van der Waals surface area contributed by atoms with Crippen molar-refractivity contribution >= 4 is 27.9 Å². The van der Waals surface area contributed by atoms with Gasteiger partial charge in [-0.25, -0.2) is 9.36 Å². The number of halogens is 2. The molecule has 12 nitrogen and oxygen atoms in total. The van der Waals surface area contributed by atoms with Crippen molar-refractivity contribution in [2.45, 2.75) is 75.7 Å². The summed E-state index contributed by atoms with van der Waals surface area (Å²) in [4.78, 5) is 28.1. The SMILES string of the molecule is CC(C)(C)[Si](C)(C)OC1C(COP(=O)(NC2CCOC2=O)Oc2ccccc2)OC(n2ccc(N)nc2=O)C1(F)F. The lowest BCUT2D eigenvalue weighted by Crippen LogP contribution is -2.52. The average molecular weight is 617 g/mol. The molecule has 0 spiro atoms. The van der Waals surface area contributed by atoms with Gasteiger partial charge in [-0.15, -0.1) is 0 Å². The number of anilines is 1. The van der Waals surface area contributed by atoms with Crippen molar-refractivity contribution in [1.29, 1.82) is 0 Å². The van der Waals surface area contributed by atoms with Gasteiger partial charge in [0.25, 0.3) is 0 Å². The molecule has 2 fully saturated rings. The Hall–Kier alpha value is -2.68. The third-order valence-electron chi connectivity index (χ3n) is 7.31. The number of alkyl halides is 2. The van der Waals surface area contributed by atoms with E-state index in [4.69, 9.17) is 28.7 Å². The van der Waals surface area contributed by atoms with Crippen LogP contribution in [0, 0.1) is 0 Å². The van der Waals surface area contributed by atoms with Crippen LogP contribution in [0.15, 0.2) is 47.4 Å². The fourth-order valence-electron chi connectivity index (χ4n) is 4.03. The number of carbonyl (C=O) groups excluding carboxylic acids is 1. The summed E-state index contributed by atoms with van der Waals surface area (Å²) in [6, 6.07) is 8.22. The monoisotopic (exact) mass is 616 g/mol. The van der Waals surface area contributed by atoms with E-state index < -0.39 is 69.8 Å². The van der Waals surface area contributed by atoms with Crippen molar-refractivity contribution in [3.8, 4) is 5.75 Å². The zero-order valence-electron chi connectivity index (χ0n) is 23.4. The van der Waals surface area contributed by atoms with Gasteiger partial charge in [0.15, 0.2) is 8.32 Å². The van der Waals surface area contributed by atoms with Crippen molar-refractivity contribution in [3.05, 3.63) is 53.1 Å². The van der Waals surface area contributed by atoms with Gasteiger partial charge in [-0.05, 0) is 36.3 Å². The van der Waals surface area contributed by atoms with Gasteiger partial charge >= 0.3 is 25.3 Å². The Labute approximate surface area is 237 Å². The minimum atomic E-state index is -4.36. The predicted molar refractivity (Wildman–Crippen MR) is 147 cm³/mol. The van der Waals surface area contributed by atoms with E-state index in [1.54, 1.807) is 31.3 Å². The zero-order valence-corrected chi connectivity index (χ0v) is 25.3. The van der Waals surface area contributed by atoms with E-state index in [9.17, 15) is 14.2 Å². The molecule has 3 heterocycles. The maximum absolute atomic E-state index is 16.1. The number of cyclic esters (lactones) is 1. The molecule has 0 radical (unpaired) electrons. The molecule has 0 amide bonds. The van der Waals surface area contributed by atoms with Gasteiger partial charge in [0.2, 0.25) is 6.23 Å². The lowest BCUT2D eigenvalue weighted by Gasteiger charge is -2.40. The Morgan fingerprint density at radius 1 is 1.22 bits per heavy atom. The van der Waals surface area contributed by atoms with Crippen LogP contribution in [-0.2, 0) is 27.8 Å². The number of ether oxygens (including phenoxy) is 2. The number of para-hydroxylation sites is 1. The highest BCUT2D eigenvalue weighted by atomic mass is 31.2. The van der Waals surface area contributed by atoms with Crippen LogP contribution in [0.1, 0.15) is 33.4 Å². The number of hydrogen-bond acceptors (Lipinski definition) is 10. The second-order valence-electron chi connectivity index (χ2n) is 11.4. The van der Waals surface area contributed by atoms with Gasteiger partial charge in [0, 0.05) is 12.6 Å². The number of nitrogens with one attached hydrogen (secondary N) is 1. The average Bonchev–Trinajstić information content (AvgIpc) is 3.37. The minimum absolute atomic E-state index is 0.105. The van der Waals surface area contributed by atoms with E-state index in [1.807, 2.05) is 20.8 Å². The van der Waals surface area contributed by atoms with Crippen LogP contribution < -0.4 is 21.0 Å². The second kappa shape index (κ2) is 11.5. The van der Waals surface area contributed by atoms with Crippen LogP contribution in [0.25, 0.3) is 0 Å². The van der Waals surface area contributed by atoms with Crippen LogP contribution in [-0.4, -0.2) is 61.2 Å². The fraction of sp³-hybridized carbons (Fsp3) is 0.560. The molecule has 0 saturated carbocycles. The molecule has 2 aromatic rings. The standard InChI is InChI=1S/C25H35F2N4O8PSi/c1-24(2,3)41(4,5)39-20-18(37-22(25(20,26)27)31-13-11-19(28)29-23(31)33)15-36-40(34,30-17-12-14-35-21(17)32)38-16-9-7-6-8-10-16/h6-11,13,17-18,20,22H,12,14-15H2,1-5H3,(H,30,34)(H2,28,29,33). The van der Waals surface area contributed by atoms with E-state index in [1.165, 1.54) is 18.2 Å². The summed E-state index contributed by atoms with van der Waals surface area (Å²) in [5.74, 6) is -4.38. The van der Waals surface area contributed by atoms with E-state index in [-0.39, 0.29) is 24.6 Å². The summed E-state index contributed by atoms with van der Waals surface area (Å²) in [6.07, 6.45) is -4.24. The van der Waals surface area contributed by atoms with Crippen LogP contribution in [0.3, 0.4) is 0 Å². The molecule has 5 unspecified atom stereocenters. The van der Waals surface area contributed by atoms with Crippen molar-refractivity contribution in [2.24, 2.45) is 0 Å². The molecule has 1 aromatic carbocycles. The molecular weight excluding hydrogens is 581 g/mol. The first-order valence-corrected chi connectivity index (χ1v) is 17.5. The van der Waals surface area contributed by atoms with Crippen LogP contribution >= 0.6 is 7.75 Å². The number of nitrogens with two attached hydrogens (primary N) is 1. The molecule has 16 heteroatoms. The summed E-state index contributed by atoms with van der Waals surface area (Å²) in [7, 11) is -7.20. The highest BCUT2D eigenvalue weighted by Gasteiger charge is 2.63. The summed E-state index contributed by atoms with van der Waals surface area (Å²) < 4.78 is 74.7. The number of rotatable bonds is 10. The lowest BCUT2D eigenvalue weighted by atomic mass is 10.1. The van der Waals surface area contributed by atoms with Crippen molar-refractivity contribution in [3.63, 3.8) is 0 Å². The fourth-order valence-corrected chi connectivity index (χ4v) is 6.87. The second-order valence-corrected chi connectivity index (χ2v) is 17.8. The number of nitrogen functional groups attached to an aromatic ring is 1.